The van der Waals surface area contributed by atoms with Gasteiger partial charge in [0, 0.05) is 19.7 Å². The van der Waals surface area contributed by atoms with Gasteiger partial charge in [-0.25, -0.2) is 4.98 Å². The summed E-state index contributed by atoms with van der Waals surface area (Å²) in [6.07, 6.45) is 1.14. The van der Waals surface area contributed by atoms with Crippen molar-refractivity contribution >= 4 is 5.82 Å². The minimum absolute atomic E-state index is 0.138. The van der Waals surface area contributed by atoms with Crippen LogP contribution in [0.25, 0.3) is 0 Å². The van der Waals surface area contributed by atoms with E-state index in [4.69, 9.17) is 9.47 Å². The van der Waals surface area contributed by atoms with Gasteiger partial charge in [0.05, 0.1) is 6.10 Å². The molecule has 0 saturated heterocycles. The monoisotopic (exact) mass is 267 g/mol. The number of aromatic nitrogens is 2. The van der Waals surface area contributed by atoms with E-state index < -0.39 is 0 Å². The molecule has 0 radical (unpaired) electrons. The molecule has 1 unspecified atom stereocenters. The lowest BCUT2D eigenvalue weighted by Crippen LogP contribution is -2.16. The van der Waals surface area contributed by atoms with E-state index in [1.807, 2.05) is 20.0 Å². The summed E-state index contributed by atoms with van der Waals surface area (Å²) in [4.78, 5) is 8.70. The maximum Gasteiger partial charge on any atom is 0.219 e. The third-order valence-corrected chi connectivity index (χ3v) is 2.57. The number of anilines is 1. The Hall–Kier alpha value is -1.36. The number of hydrogen-bond acceptors (Lipinski definition) is 5. The van der Waals surface area contributed by atoms with Crippen LogP contribution in [-0.4, -0.2) is 29.7 Å². The predicted molar refractivity (Wildman–Crippen MR) is 76.5 cm³/mol. The van der Waals surface area contributed by atoms with E-state index in [9.17, 15) is 0 Å². The van der Waals surface area contributed by atoms with Crippen molar-refractivity contribution in [1.29, 1.82) is 0 Å². The molecule has 0 aliphatic carbocycles. The summed E-state index contributed by atoms with van der Waals surface area (Å²) in [5.74, 6) is 2.59. The van der Waals surface area contributed by atoms with Gasteiger partial charge in [0.25, 0.3) is 0 Å². The number of nitrogens with zero attached hydrogens (tertiary/aromatic N) is 2. The molecule has 1 heterocycles. The predicted octanol–water partition coefficient (Wildman–Crippen LogP) is 2.87. The van der Waals surface area contributed by atoms with Crippen molar-refractivity contribution in [3.8, 4) is 5.88 Å². The summed E-state index contributed by atoms with van der Waals surface area (Å²) in [6, 6.07) is 1.81. The Balaban J connectivity index is 2.75. The largest absolute Gasteiger partial charge is 0.474 e. The molecule has 5 nitrogen and oxygen atoms in total. The van der Waals surface area contributed by atoms with Gasteiger partial charge in [-0.05, 0) is 26.2 Å². The molecule has 0 amide bonds. The summed E-state index contributed by atoms with van der Waals surface area (Å²) in [6.45, 7) is 9.42. The molecule has 19 heavy (non-hydrogen) atoms. The van der Waals surface area contributed by atoms with E-state index in [0.29, 0.717) is 30.8 Å². The van der Waals surface area contributed by atoms with E-state index in [-0.39, 0.29) is 6.10 Å². The van der Waals surface area contributed by atoms with Gasteiger partial charge < -0.3 is 14.8 Å². The Bertz CT molecular complexity index is 383. The minimum atomic E-state index is 0.138. The molecule has 1 atom stereocenters. The highest BCUT2D eigenvalue weighted by Crippen LogP contribution is 2.17. The Labute approximate surface area is 115 Å². The second-order valence-electron chi connectivity index (χ2n) is 4.95. The van der Waals surface area contributed by atoms with Crippen molar-refractivity contribution in [2.45, 2.75) is 46.8 Å². The van der Waals surface area contributed by atoms with E-state index >= 15 is 0 Å². The lowest BCUT2D eigenvalue weighted by molar-refractivity contribution is 0.126. The third kappa shape index (κ3) is 5.87. The Morgan fingerprint density at radius 1 is 1.26 bits per heavy atom. The van der Waals surface area contributed by atoms with Crippen LogP contribution in [0.15, 0.2) is 6.07 Å². The standard InChI is InChI=1S/C14H25N3O2/c1-6-18-9-13-16-12(15-5)8-14(17-13)19-11(4)7-10(2)3/h8,10-11H,6-7,9H2,1-5H3,(H,15,16,17). The van der Waals surface area contributed by atoms with Crippen molar-refractivity contribution in [1.82, 2.24) is 9.97 Å². The zero-order chi connectivity index (χ0) is 14.3. The zero-order valence-electron chi connectivity index (χ0n) is 12.6. The number of ether oxygens (including phenoxy) is 2. The van der Waals surface area contributed by atoms with Crippen molar-refractivity contribution in [2.24, 2.45) is 5.92 Å². The summed E-state index contributed by atoms with van der Waals surface area (Å²) in [5, 5.41) is 3.01. The van der Waals surface area contributed by atoms with Crippen LogP contribution in [0.1, 0.15) is 39.9 Å². The van der Waals surface area contributed by atoms with Gasteiger partial charge in [0.1, 0.15) is 12.4 Å². The molecule has 1 N–H and O–H groups in total. The van der Waals surface area contributed by atoms with Crippen LogP contribution in [-0.2, 0) is 11.3 Å². The van der Waals surface area contributed by atoms with Crippen molar-refractivity contribution in [3.63, 3.8) is 0 Å². The van der Waals surface area contributed by atoms with E-state index in [1.165, 1.54) is 0 Å². The second kappa shape index (κ2) is 7.94. The topological polar surface area (TPSA) is 56.3 Å². The first-order valence-corrected chi connectivity index (χ1v) is 6.85. The second-order valence-corrected chi connectivity index (χ2v) is 4.95. The molecule has 5 heteroatoms. The molecule has 0 bridgehead atoms. The van der Waals surface area contributed by atoms with Gasteiger partial charge in [0.2, 0.25) is 5.88 Å². The summed E-state index contributed by atoms with van der Waals surface area (Å²) < 4.78 is 11.2. The molecule has 108 valence electrons. The summed E-state index contributed by atoms with van der Waals surface area (Å²) >= 11 is 0. The molecular weight excluding hydrogens is 242 g/mol. The molecule has 0 aliphatic rings. The van der Waals surface area contributed by atoms with Gasteiger partial charge in [-0.15, -0.1) is 0 Å². The number of nitrogens with one attached hydrogen (secondary N) is 1. The average molecular weight is 267 g/mol. The molecule has 1 rings (SSSR count). The van der Waals surface area contributed by atoms with Crippen molar-refractivity contribution in [3.05, 3.63) is 11.9 Å². The molecule has 1 aromatic rings. The first-order chi connectivity index (χ1) is 9.05. The van der Waals surface area contributed by atoms with Crippen LogP contribution in [0, 0.1) is 5.92 Å². The van der Waals surface area contributed by atoms with Crippen LogP contribution in [0.3, 0.4) is 0 Å². The highest BCUT2D eigenvalue weighted by atomic mass is 16.5. The first-order valence-electron chi connectivity index (χ1n) is 6.85. The fraction of sp³-hybridized carbons (Fsp3) is 0.714. The lowest BCUT2D eigenvalue weighted by atomic mass is 10.1. The molecule has 0 aromatic carbocycles. The Morgan fingerprint density at radius 2 is 2.00 bits per heavy atom. The third-order valence-electron chi connectivity index (χ3n) is 2.57. The lowest BCUT2D eigenvalue weighted by Gasteiger charge is -2.16. The minimum Gasteiger partial charge on any atom is -0.474 e. The van der Waals surface area contributed by atoms with E-state index in [0.717, 1.165) is 12.2 Å². The van der Waals surface area contributed by atoms with Gasteiger partial charge in [-0.1, -0.05) is 13.8 Å². The van der Waals surface area contributed by atoms with Gasteiger partial charge >= 0.3 is 0 Å². The van der Waals surface area contributed by atoms with Gasteiger partial charge in [0.15, 0.2) is 5.82 Å². The van der Waals surface area contributed by atoms with Gasteiger partial charge in [-0.2, -0.15) is 4.98 Å². The average Bonchev–Trinajstić information content (AvgIpc) is 2.34. The highest BCUT2D eigenvalue weighted by molar-refractivity contribution is 5.37. The molecule has 0 saturated carbocycles. The van der Waals surface area contributed by atoms with Crippen molar-refractivity contribution < 1.29 is 9.47 Å². The van der Waals surface area contributed by atoms with Crippen LogP contribution < -0.4 is 10.1 Å². The zero-order valence-corrected chi connectivity index (χ0v) is 12.6. The van der Waals surface area contributed by atoms with Crippen LogP contribution >= 0.6 is 0 Å². The molecule has 0 spiro atoms. The molecule has 0 aliphatic heterocycles. The number of hydrogen-bond donors (Lipinski definition) is 1. The highest BCUT2D eigenvalue weighted by Gasteiger charge is 2.10. The fourth-order valence-corrected chi connectivity index (χ4v) is 1.84. The maximum atomic E-state index is 5.84. The molecule has 0 fully saturated rings. The maximum absolute atomic E-state index is 5.84. The van der Waals surface area contributed by atoms with Crippen LogP contribution in [0.5, 0.6) is 5.88 Å². The SMILES string of the molecule is CCOCc1nc(NC)cc(OC(C)CC(C)C)n1. The molecular formula is C14H25N3O2. The fourth-order valence-electron chi connectivity index (χ4n) is 1.84. The van der Waals surface area contributed by atoms with E-state index in [1.54, 1.807) is 0 Å². The van der Waals surface area contributed by atoms with Crippen LogP contribution in [0.4, 0.5) is 5.82 Å². The summed E-state index contributed by atoms with van der Waals surface area (Å²) in [7, 11) is 1.83. The van der Waals surface area contributed by atoms with Crippen LogP contribution in [0.2, 0.25) is 0 Å². The number of rotatable bonds is 8. The quantitative estimate of drug-likeness (QED) is 0.785. The first kappa shape index (κ1) is 15.7. The van der Waals surface area contributed by atoms with Gasteiger partial charge in [-0.3, -0.25) is 0 Å². The Kier molecular flexibility index (Phi) is 6.56. The molecule has 1 aromatic heterocycles. The van der Waals surface area contributed by atoms with Crippen molar-refractivity contribution in [2.75, 3.05) is 19.0 Å². The normalized spacial score (nSPS) is 12.5. The summed E-state index contributed by atoms with van der Waals surface area (Å²) in [5.41, 5.74) is 0. The Morgan fingerprint density at radius 3 is 2.58 bits per heavy atom. The van der Waals surface area contributed by atoms with E-state index in [2.05, 4.69) is 36.1 Å². The smallest absolute Gasteiger partial charge is 0.219 e.